The summed E-state index contributed by atoms with van der Waals surface area (Å²) in [5.41, 5.74) is 5.75. The molecular weight excluding hydrogens is 346 g/mol. The van der Waals surface area contributed by atoms with Gasteiger partial charge in [0.1, 0.15) is 17.4 Å². The predicted molar refractivity (Wildman–Crippen MR) is 79.4 cm³/mol. The summed E-state index contributed by atoms with van der Waals surface area (Å²) < 4.78 is 31.6. The molecule has 2 aromatic carbocycles. The van der Waals surface area contributed by atoms with Gasteiger partial charge in [-0.25, -0.2) is 8.78 Å². The summed E-state index contributed by atoms with van der Waals surface area (Å²) in [5.74, 6) is -1.47. The molecule has 0 saturated heterocycles. The highest BCUT2D eigenvalue weighted by Crippen LogP contribution is 2.28. The third-order valence-corrected chi connectivity index (χ3v) is 3.40. The summed E-state index contributed by atoms with van der Waals surface area (Å²) in [6.45, 7) is 0. The van der Waals surface area contributed by atoms with Crippen LogP contribution in [0.15, 0.2) is 34.8 Å². The van der Waals surface area contributed by atoms with E-state index in [1.165, 1.54) is 25.3 Å². The van der Waals surface area contributed by atoms with Crippen molar-refractivity contribution in [2.45, 2.75) is 0 Å². The maximum atomic E-state index is 13.3. The number of nitrogen functional groups attached to an aromatic ring is 1. The van der Waals surface area contributed by atoms with Crippen LogP contribution in [0.1, 0.15) is 10.4 Å². The molecule has 7 heteroatoms. The normalized spacial score (nSPS) is 10.3. The number of amides is 1. The lowest BCUT2D eigenvalue weighted by atomic mass is 10.1. The summed E-state index contributed by atoms with van der Waals surface area (Å²) in [4.78, 5) is 12.2. The Kier molecular flexibility index (Phi) is 4.42. The van der Waals surface area contributed by atoms with Crippen LogP contribution in [0.4, 0.5) is 20.2 Å². The van der Waals surface area contributed by atoms with Crippen molar-refractivity contribution < 1.29 is 18.3 Å². The molecule has 0 aliphatic heterocycles. The topological polar surface area (TPSA) is 64.3 Å². The molecule has 1 amide bonds. The van der Waals surface area contributed by atoms with E-state index in [2.05, 4.69) is 21.2 Å². The number of halogens is 3. The third kappa shape index (κ3) is 3.30. The van der Waals surface area contributed by atoms with Gasteiger partial charge in [0.25, 0.3) is 5.91 Å². The molecule has 0 bridgehead atoms. The van der Waals surface area contributed by atoms with Gasteiger partial charge >= 0.3 is 0 Å². The van der Waals surface area contributed by atoms with Crippen LogP contribution in [0.5, 0.6) is 5.75 Å². The number of methoxy groups -OCH3 is 1. The number of nitrogens with two attached hydrogens (primary N) is 1. The first-order valence-corrected chi connectivity index (χ1v) is 6.61. The quantitative estimate of drug-likeness (QED) is 0.826. The first-order valence-electron chi connectivity index (χ1n) is 5.81. The van der Waals surface area contributed by atoms with Crippen molar-refractivity contribution in [1.29, 1.82) is 0 Å². The van der Waals surface area contributed by atoms with Crippen LogP contribution in [0.3, 0.4) is 0 Å². The van der Waals surface area contributed by atoms with Crippen LogP contribution in [-0.4, -0.2) is 13.0 Å². The Morgan fingerprint density at radius 1 is 1.29 bits per heavy atom. The fraction of sp³-hybridized carbons (Fsp3) is 0.0714. The van der Waals surface area contributed by atoms with Crippen LogP contribution in [0.2, 0.25) is 0 Å². The zero-order valence-electron chi connectivity index (χ0n) is 10.9. The Morgan fingerprint density at radius 2 is 2.00 bits per heavy atom. The number of rotatable bonds is 3. The molecule has 0 spiro atoms. The number of carbonyl (C=O) groups is 1. The molecule has 0 heterocycles. The molecule has 2 rings (SSSR count). The summed E-state index contributed by atoms with van der Waals surface area (Å²) in [6, 6.07) is 6.01. The van der Waals surface area contributed by atoms with E-state index in [9.17, 15) is 13.6 Å². The number of anilines is 2. The molecule has 0 aliphatic carbocycles. The third-order valence-electron chi connectivity index (χ3n) is 2.74. The molecule has 4 nitrogen and oxygen atoms in total. The molecule has 0 aliphatic rings. The van der Waals surface area contributed by atoms with Gasteiger partial charge in [-0.15, -0.1) is 0 Å². The van der Waals surface area contributed by atoms with Crippen LogP contribution in [0, 0.1) is 11.6 Å². The Bertz CT molecular complexity index is 708. The van der Waals surface area contributed by atoms with E-state index < -0.39 is 17.5 Å². The average Bonchev–Trinajstić information content (AvgIpc) is 2.44. The summed E-state index contributed by atoms with van der Waals surface area (Å²) in [6.07, 6.45) is 0. The van der Waals surface area contributed by atoms with Crippen LogP contribution >= 0.6 is 15.9 Å². The lowest BCUT2D eigenvalue weighted by Gasteiger charge is -2.11. The molecule has 2 aromatic rings. The van der Waals surface area contributed by atoms with Crippen molar-refractivity contribution in [3.8, 4) is 5.75 Å². The first kappa shape index (κ1) is 15.2. The van der Waals surface area contributed by atoms with E-state index in [1.807, 2.05) is 0 Å². The van der Waals surface area contributed by atoms with Crippen molar-refractivity contribution in [2.75, 3.05) is 18.2 Å². The zero-order chi connectivity index (χ0) is 15.6. The molecule has 21 heavy (non-hydrogen) atoms. The maximum absolute atomic E-state index is 13.3. The number of carbonyl (C=O) groups excluding carboxylic acids is 1. The van der Waals surface area contributed by atoms with Crippen LogP contribution in [0.25, 0.3) is 0 Å². The predicted octanol–water partition coefficient (Wildman–Crippen LogP) is 3.57. The van der Waals surface area contributed by atoms with Crippen molar-refractivity contribution in [3.63, 3.8) is 0 Å². The molecule has 0 atom stereocenters. The highest BCUT2D eigenvalue weighted by atomic mass is 79.9. The average molecular weight is 357 g/mol. The molecule has 0 fully saturated rings. The highest BCUT2D eigenvalue weighted by Gasteiger charge is 2.15. The van der Waals surface area contributed by atoms with Gasteiger partial charge in [-0.3, -0.25) is 4.79 Å². The molecular formula is C14H11BrF2N2O2. The zero-order valence-corrected chi connectivity index (χ0v) is 12.5. The molecule has 0 unspecified atom stereocenters. The Balaban J connectivity index is 2.32. The smallest absolute Gasteiger partial charge is 0.256 e. The van der Waals surface area contributed by atoms with Crippen LogP contribution < -0.4 is 15.8 Å². The number of hydrogen-bond acceptors (Lipinski definition) is 3. The van der Waals surface area contributed by atoms with Gasteiger partial charge in [0.15, 0.2) is 0 Å². The minimum absolute atomic E-state index is 0.144. The second-order valence-electron chi connectivity index (χ2n) is 4.15. The minimum atomic E-state index is -0.627. The second-order valence-corrected chi connectivity index (χ2v) is 5.01. The van der Waals surface area contributed by atoms with Crippen molar-refractivity contribution in [1.82, 2.24) is 0 Å². The van der Waals surface area contributed by atoms with Gasteiger partial charge in [0.2, 0.25) is 0 Å². The van der Waals surface area contributed by atoms with E-state index in [-0.39, 0.29) is 21.5 Å². The number of benzene rings is 2. The fourth-order valence-corrected chi connectivity index (χ4v) is 2.19. The van der Waals surface area contributed by atoms with E-state index in [0.717, 1.165) is 12.1 Å². The Hall–Kier alpha value is -2.15. The Labute approximate surface area is 128 Å². The van der Waals surface area contributed by atoms with Gasteiger partial charge in [-0.1, -0.05) is 0 Å². The summed E-state index contributed by atoms with van der Waals surface area (Å²) in [5, 5.41) is 2.55. The molecule has 110 valence electrons. The van der Waals surface area contributed by atoms with E-state index in [1.54, 1.807) is 0 Å². The molecule has 0 aromatic heterocycles. The highest BCUT2D eigenvalue weighted by molar-refractivity contribution is 9.10. The lowest BCUT2D eigenvalue weighted by Crippen LogP contribution is -2.14. The largest absolute Gasteiger partial charge is 0.494 e. The monoisotopic (exact) mass is 356 g/mol. The molecule has 0 saturated carbocycles. The second kappa shape index (κ2) is 6.09. The van der Waals surface area contributed by atoms with Gasteiger partial charge in [0, 0.05) is 10.5 Å². The lowest BCUT2D eigenvalue weighted by molar-refractivity contribution is 0.102. The van der Waals surface area contributed by atoms with E-state index >= 15 is 0 Å². The van der Waals surface area contributed by atoms with E-state index in [0.29, 0.717) is 5.69 Å². The number of ether oxygens (including phenoxy) is 1. The molecule has 0 radical (unpaired) electrons. The van der Waals surface area contributed by atoms with Gasteiger partial charge < -0.3 is 15.8 Å². The first-order chi connectivity index (χ1) is 9.92. The maximum Gasteiger partial charge on any atom is 0.256 e. The van der Waals surface area contributed by atoms with Crippen molar-refractivity contribution in [3.05, 3.63) is 52.0 Å². The van der Waals surface area contributed by atoms with Crippen molar-refractivity contribution in [2.24, 2.45) is 0 Å². The number of hydrogen-bond donors (Lipinski definition) is 2. The minimum Gasteiger partial charge on any atom is -0.494 e. The van der Waals surface area contributed by atoms with Crippen molar-refractivity contribution >= 4 is 33.2 Å². The van der Waals surface area contributed by atoms with Gasteiger partial charge in [-0.05, 0) is 40.2 Å². The SMILES string of the molecule is COc1cc(F)ccc1NC(=O)c1cc(N)c(F)cc1Br. The number of nitrogens with one attached hydrogen (secondary N) is 1. The fourth-order valence-electron chi connectivity index (χ4n) is 1.70. The summed E-state index contributed by atoms with van der Waals surface area (Å²) in [7, 11) is 1.36. The van der Waals surface area contributed by atoms with Gasteiger partial charge in [-0.2, -0.15) is 0 Å². The standard InChI is InChI=1S/C14H11BrF2N2O2/c1-21-13-4-7(16)2-3-12(13)19-14(20)8-5-11(18)10(17)6-9(8)15/h2-6H,18H2,1H3,(H,19,20). The Morgan fingerprint density at radius 3 is 2.67 bits per heavy atom. The van der Waals surface area contributed by atoms with Crippen LogP contribution in [-0.2, 0) is 0 Å². The molecule has 3 N–H and O–H groups in total. The van der Waals surface area contributed by atoms with Gasteiger partial charge in [0.05, 0.1) is 24.0 Å². The summed E-state index contributed by atoms with van der Waals surface area (Å²) >= 11 is 3.09. The van der Waals surface area contributed by atoms with E-state index in [4.69, 9.17) is 10.5 Å².